The summed E-state index contributed by atoms with van der Waals surface area (Å²) in [6, 6.07) is 27.5. The van der Waals surface area contributed by atoms with Gasteiger partial charge in [0.15, 0.2) is 0 Å². The number of carbonyl (C=O) groups excluding carboxylic acids is 2. The van der Waals surface area contributed by atoms with Gasteiger partial charge in [-0.1, -0.05) is 60.7 Å². The highest BCUT2D eigenvalue weighted by molar-refractivity contribution is 7.09. The van der Waals surface area contributed by atoms with Crippen molar-refractivity contribution < 1.29 is 18.7 Å². The van der Waals surface area contributed by atoms with E-state index in [0.717, 1.165) is 21.6 Å². The quantitative estimate of drug-likeness (QED) is 0.203. The van der Waals surface area contributed by atoms with Gasteiger partial charge in [-0.05, 0) is 58.8 Å². The van der Waals surface area contributed by atoms with Gasteiger partial charge >= 0.3 is 0 Å². The molecule has 7 heteroatoms. The topological polar surface area (TPSA) is 49.9 Å². The van der Waals surface area contributed by atoms with Crippen LogP contribution in [0.15, 0.2) is 96.4 Å². The standard InChI is InChI=1S/C31H31FN2O3S/c1-37-19-6-18-33(31(36)27-14-12-26(13-15-27)25-7-3-2-4-8-25)23-30(35)34(22-29-9-5-20-38-29)21-24-10-16-28(32)17-11-24/h2-5,7-17,20H,6,18-19,21-23H2,1H3. The maximum atomic E-state index is 13.6. The van der Waals surface area contributed by atoms with Crippen molar-refractivity contribution in [3.63, 3.8) is 0 Å². The second kappa shape index (κ2) is 13.7. The van der Waals surface area contributed by atoms with Crippen LogP contribution in [0.1, 0.15) is 27.2 Å². The van der Waals surface area contributed by atoms with Gasteiger partial charge in [-0.2, -0.15) is 0 Å². The lowest BCUT2D eigenvalue weighted by molar-refractivity contribution is -0.133. The molecule has 0 N–H and O–H groups in total. The number of thiophene rings is 1. The van der Waals surface area contributed by atoms with E-state index in [1.165, 1.54) is 12.1 Å². The fourth-order valence-electron chi connectivity index (χ4n) is 4.17. The molecule has 4 rings (SSSR count). The highest BCUT2D eigenvalue weighted by Crippen LogP contribution is 2.21. The number of rotatable bonds is 12. The van der Waals surface area contributed by atoms with E-state index in [1.807, 2.05) is 60.0 Å². The summed E-state index contributed by atoms with van der Waals surface area (Å²) in [5, 5.41) is 1.97. The van der Waals surface area contributed by atoms with Crippen molar-refractivity contribution in [2.24, 2.45) is 0 Å². The van der Waals surface area contributed by atoms with Crippen LogP contribution in [0, 0.1) is 5.82 Å². The third kappa shape index (κ3) is 7.60. The molecule has 1 heterocycles. The van der Waals surface area contributed by atoms with Gasteiger partial charge in [-0.25, -0.2) is 4.39 Å². The molecule has 0 atom stereocenters. The summed E-state index contributed by atoms with van der Waals surface area (Å²) in [5.74, 6) is -0.695. The van der Waals surface area contributed by atoms with Gasteiger partial charge in [0.2, 0.25) is 5.91 Å². The second-order valence-electron chi connectivity index (χ2n) is 8.97. The third-order valence-corrected chi connectivity index (χ3v) is 7.06. The molecular weight excluding hydrogens is 499 g/mol. The van der Waals surface area contributed by atoms with Crippen LogP contribution in [-0.2, 0) is 22.6 Å². The second-order valence-corrected chi connectivity index (χ2v) is 10.0. The molecule has 5 nitrogen and oxygen atoms in total. The summed E-state index contributed by atoms with van der Waals surface area (Å²) in [6.07, 6.45) is 0.612. The van der Waals surface area contributed by atoms with E-state index in [1.54, 1.807) is 52.5 Å². The van der Waals surface area contributed by atoms with Crippen molar-refractivity contribution >= 4 is 23.2 Å². The average Bonchev–Trinajstić information content (AvgIpc) is 3.47. The first kappa shape index (κ1) is 27.2. The van der Waals surface area contributed by atoms with Gasteiger partial charge in [-0.15, -0.1) is 11.3 Å². The van der Waals surface area contributed by atoms with Crippen LogP contribution in [0.25, 0.3) is 11.1 Å². The average molecular weight is 531 g/mol. The van der Waals surface area contributed by atoms with E-state index >= 15 is 0 Å². The number of hydrogen-bond acceptors (Lipinski definition) is 4. The van der Waals surface area contributed by atoms with Crippen LogP contribution in [0.5, 0.6) is 0 Å². The van der Waals surface area contributed by atoms with Crippen LogP contribution in [0.4, 0.5) is 4.39 Å². The summed E-state index contributed by atoms with van der Waals surface area (Å²) in [5.41, 5.74) is 3.44. The normalized spacial score (nSPS) is 10.8. The largest absolute Gasteiger partial charge is 0.385 e. The van der Waals surface area contributed by atoms with Crippen molar-refractivity contribution in [3.8, 4) is 11.1 Å². The predicted molar refractivity (Wildman–Crippen MR) is 149 cm³/mol. The minimum Gasteiger partial charge on any atom is -0.385 e. The maximum absolute atomic E-state index is 13.6. The van der Waals surface area contributed by atoms with Gasteiger partial charge in [0.25, 0.3) is 5.91 Å². The molecule has 196 valence electrons. The molecule has 0 aliphatic carbocycles. The van der Waals surface area contributed by atoms with E-state index in [0.29, 0.717) is 38.2 Å². The Labute approximate surface area is 227 Å². The van der Waals surface area contributed by atoms with Crippen molar-refractivity contribution in [1.29, 1.82) is 0 Å². The molecule has 0 aliphatic rings. The van der Waals surface area contributed by atoms with E-state index in [2.05, 4.69) is 0 Å². The number of amides is 2. The molecule has 3 aromatic carbocycles. The number of halogens is 1. The van der Waals surface area contributed by atoms with E-state index in [-0.39, 0.29) is 24.2 Å². The van der Waals surface area contributed by atoms with Gasteiger partial charge in [-0.3, -0.25) is 9.59 Å². The molecule has 0 aliphatic heterocycles. The summed E-state index contributed by atoms with van der Waals surface area (Å²) < 4.78 is 18.6. The molecule has 0 saturated heterocycles. The Morgan fingerprint density at radius 3 is 2.18 bits per heavy atom. The number of ether oxygens (including phenoxy) is 1. The molecule has 4 aromatic rings. The molecular formula is C31H31FN2O3S. The first-order chi connectivity index (χ1) is 18.5. The summed E-state index contributed by atoms with van der Waals surface area (Å²) in [6.45, 7) is 1.56. The Morgan fingerprint density at radius 2 is 1.53 bits per heavy atom. The Morgan fingerprint density at radius 1 is 0.816 bits per heavy atom. The number of carbonyl (C=O) groups is 2. The van der Waals surface area contributed by atoms with Crippen molar-refractivity contribution in [3.05, 3.63) is 118 Å². The zero-order valence-electron chi connectivity index (χ0n) is 21.4. The van der Waals surface area contributed by atoms with Gasteiger partial charge in [0.1, 0.15) is 12.4 Å². The zero-order chi connectivity index (χ0) is 26.7. The smallest absolute Gasteiger partial charge is 0.254 e. The summed E-state index contributed by atoms with van der Waals surface area (Å²) >= 11 is 1.57. The molecule has 2 amide bonds. The lowest BCUT2D eigenvalue weighted by Crippen LogP contribution is -2.43. The minimum absolute atomic E-state index is 0.0600. The zero-order valence-corrected chi connectivity index (χ0v) is 22.2. The molecule has 0 radical (unpaired) electrons. The fraction of sp³-hybridized carbons (Fsp3) is 0.226. The molecule has 0 fully saturated rings. The number of hydrogen-bond donors (Lipinski definition) is 0. The van der Waals surface area contributed by atoms with Crippen LogP contribution in [0.3, 0.4) is 0 Å². The highest BCUT2D eigenvalue weighted by Gasteiger charge is 2.23. The van der Waals surface area contributed by atoms with Crippen molar-refractivity contribution in [1.82, 2.24) is 9.80 Å². The van der Waals surface area contributed by atoms with Crippen molar-refractivity contribution in [2.45, 2.75) is 19.5 Å². The van der Waals surface area contributed by atoms with Crippen LogP contribution >= 0.6 is 11.3 Å². The summed E-state index contributed by atoms with van der Waals surface area (Å²) in [7, 11) is 1.62. The lowest BCUT2D eigenvalue weighted by Gasteiger charge is -2.28. The highest BCUT2D eigenvalue weighted by atomic mass is 32.1. The van der Waals surface area contributed by atoms with Crippen LogP contribution < -0.4 is 0 Å². The molecule has 0 bridgehead atoms. The number of methoxy groups -OCH3 is 1. The van der Waals surface area contributed by atoms with E-state index in [9.17, 15) is 14.0 Å². The molecule has 0 saturated carbocycles. The first-order valence-corrected chi connectivity index (χ1v) is 13.4. The van der Waals surface area contributed by atoms with Gasteiger partial charge < -0.3 is 14.5 Å². The van der Waals surface area contributed by atoms with Crippen LogP contribution in [0.2, 0.25) is 0 Å². The SMILES string of the molecule is COCCCN(CC(=O)N(Cc1ccc(F)cc1)Cc1cccs1)C(=O)c1ccc(-c2ccccc2)cc1. The van der Waals surface area contributed by atoms with Crippen LogP contribution in [-0.4, -0.2) is 48.4 Å². The van der Waals surface area contributed by atoms with Gasteiger partial charge in [0.05, 0.1) is 6.54 Å². The predicted octanol–water partition coefficient (Wildman–Crippen LogP) is 6.26. The maximum Gasteiger partial charge on any atom is 0.254 e. The molecule has 0 spiro atoms. The Kier molecular flexibility index (Phi) is 9.78. The minimum atomic E-state index is -0.321. The van der Waals surface area contributed by atoms with E-state index < -0.39 is 0 Å². The number of benzene rings is 3. The monoisotopic (exact) mass is 530 g/mol. The summed E-state index contributed by atoms with van der Waals surface area (Å²) in [4.78, 5) is 31.5. The van der Waals surface area contributed by atoms with Gasteiger partial charge in [0, 0.05) is 37.2 Å². The Balaban J connectivity index is 1.52. The first-order valence-electron chi connectivity index (χ1n) is 12.5. The molecule has 1 aromatic heterocycles. The molecule has 38 heavy (non-hydrogen) atoms. The third-order valence-electron chi connectivity index (χ3n) is 6.19. The lowest BCUT2D eigenvalue weighted by atomic mass is 10.0. The number of nitrogens with zero attached hydrogens (tertiary/aromatic N) is 2. The van der Waals surface area contributed by atoms with Crippen molar-refractivity contribution in [2.75, 3.05) is 26.8 Å². The Bertz CT molecular complexity index is 1290. The molecule has 0 unspecified atom stereocenters. The Hall–Kier alpha value is -3.81. The van der Waals surface area contributed by atoms with E-state index in [4.69, 9.17) is 4.74 Å². The fourth-order valence-corrected chi connectivity index (χ4v) is 4.89.